The van der Waals surface area contributed by atoms with Crippen LogP contribution in [-0.2, 0) is 6.42 Å². The summed E-state index contributed by atoms with van der Waals surface area (Å²) in [5, 5.41) is 8.37. The summed E-state index contributed by atoms with van der Waals surface area (Å²) in [5.74, 6) is 0.763. The average molecular weight is 188 g/mol. The van der Waals surface area contributed by atoms with E-state index in [1.54, 1.807) is 0 Å². The van der Waals surface area contributed by atoms with Crippen LogP contribution < -0.4 is 10.5 Å². The van der Waals surface area contributed by atoms with Crippen LogP contribution in [0.25, 0.3) is 0 Å². The van der Waals surface area contributed by atoms with Crippen LogP contribution in [0.1, 0.15) is 23.6 Å². The molecule has 1 aliphatic rings. The molecule has 72 valence electrons. The topological polar surface area (TPSA) is 59.0 Å². The van der Waals surface area contributed by atoms with Crippen molar-refractivity contribution in [2.45, 2.75) is 18.9 Å². The van der Waals surface area contributed by atoms with Gasteiger partial charge in [0.2, 0.25) is 0 Å². The molecule has 0 unspecified atom stereocenters. The van der Waals surface area contributed by atoms with Crippen molar-refractivity contribution in [3.8, 4) is 11.8 Å². The van der Waals surface area contributed by atoms with Gasteiger partial charge >= 0.3 is 0 Å². The first kappa shape index (κ1) is 9.04. The molecule has 0 aromatic heterocycles. The fourth-order valence-electron chi connectivity index (χ4n) is 1.83. The van der Waals surface area contributed by atoms with Gasteiger partial charge in [0.15, 0.2) is 6.61 Å². The molecule has 0 aliphatic heterocycles. The Kier molecular flexibility index (Phi) is 2.38. The number of fused-ring (bicyclic) bond motifs is 1. The lowest BCUT2D eigenvalue weighted by atomic mass is 10.1. The smallest absolute Gasteiger partial charge is 0.174 e. The van der Waals surface area contributed by atoms with Crippen LogP contribution in [0.4, 0.5) is 0 Å². The van der Waals surface area contributed by atoms with E-state index >= 15 is 0 Å². The third-order valence-electron chi connectivity index (χ3n) is 2.54. The molecule has 0 heterocycles. The molecule has 0 spiro atoms. The van der Waals surface area contributed by atoms with Crippen molar-refractivity contribution in [1.82, 2.24) is 0 Å². The van der Waals surface area contributed by atoms with Crippen molar-refractivity contribution >= 4 is 0 Å². The molecule has 0 fully saturated rings. The molecule has 1 aromatic carbocycles. The molecule has 0 radical (unpaired) electrons. The Morgan fingerprint density at radius 3 is 3.21 bits per heavy atom. The number of nitrogens with zero attached hydrogens (tertiary/aromatic N) is 1. The van der Waals surface area contributed by atoms with Crippen LogP contribution in [0, 0.1) is 11.3 Å². The first-order chi connectivity index (χ1) is 6.81. The number of aryl methyl sites for hydroxylation is 1. The number of hydrogen-bond donors (Lipinski definition) is 1. The van der Waals surface area contributed by atoms with Gasteiger partial charge in [-0.2, -0.15) is 5.26 Å². The molecular weight excluding hydrogens is 176 g/mol. The van der Waals surface area contributed by atoms with Crippen molar-refractivity contribution in [2.24, 2.45) is 5.73 Å². The van der Waals surface area contributed by atoms with E-state index in [9.17, 15) is 0 Å². The normalized spacial score (nSPS) is 18.7. The van der Waals surface area contributed by atoms with Gasteiger partial charge in [-0.05, 0) is 36.1 Å². The number of nitriles is 1. The molecule has 14 heavy (non-hydrogen) atoms. The van der Waals surface area contributed by atoms with E-state index in [1.807, 2.05) is 24.3 Å². The quantitative estimate of drug-likeness (QED) is 0.765. The highest BCUT2D eigenvalue weighted by molar-refractivity contribution is 5.40. The molecule has 0 bridgehead atoms. The van der Waals surface area contributed by atoms with E-state index in [0.29, 0.717) is 0 Å². The van der Waals surface area contributed by atoms with Crippen molar-refractivity contribution in [2.75, 3.05) is 6.61 Å². The molecule has 0 saturated carbocycles. The van der Waals surface area contributed by atoms with Gasteiger partial charge in [-0.25, -0.2) is 0 Å². The highest BCUT2D eigenvalue weighted by Gasteiger charge is 2.18. The summed E-state index contributed by atoms with van der Waals surface area (Å²) in [7, 11) is 0. The summed E-state index contributed by atoms with van der Waals surface area (Å²) in [4.78, 5) is 0. The minimum Gasteiger partial charge on any atom is -0.479 e. The van der Waals surface area contributed by atoms with Crippen LogP contribution in [0.3, 0.4) is 0 Å². The number of hydrogen-bond acceptors (Lipinski definition) is 3. The van der Waals surface area contributed by atoms with Gasteiger partial charge in [0.1, 0.15) is 11.8 Å². The van der Waals surface area contributed by atoms with Crippen molar-refractivity contribution in [3.05, 3.63) is 29.3 Å². The van der Waals surface area contributed by atoms with Gasteiger partial charge < -0.3 is 10.5 Å². The third kappa shape index (κ3) is 1.57. The summed E-state index contributed by atoms with van der Waals surface area (Å²) < 4.78 is 5.21. The Labute approximate surface area is 83.1 Å². The third-order valence-corrected chi connectivity index (χ3v) is 2.54. The number of rotatable bonds is 2. The van der Waals surface area contributed by atoms with Crippen molar-refractivity contribution < 1.29 is 4.74 Å². The van der Waals surface area contributed by atoms with Crippen LogP contribution in [-0.4, -0.2) is 6.61 Å². The second-order valence-corrected chi connectivity index (χ2v) is 3.45. The van der Waals surface area contributed by atoms with E-state index in [1.165, 1.54) is 11.1 Å². The van der Waals surface area contributed by atoms with Gasteiger partial charge in [-0.15, -0.1) is 0 Å². The minimum atomic E-state index is 0.102. The van der Waals surface area contributed by atoms with Crippen molar-refractivity contribution in [1.29, 1.82) is 5.26 Å². The van der Waals surface area contributed by atoms with Gasteiger partial charge in [0.05, 0.1) is 0 Å². The number of nitrogens with two attached hydrogens (primary N) is 1. The summed E-state index contributed by atoms with van der Waals surface area (Å²) in [6.45, 7) is 0.102. The first-order valence-electron chi connectivity index (χ1n) is 4.69. The Hall–Kier alpha value is -1.53. The standard InChI is InChI=1S/C11H12N2O/c12-5-6-14-9-2-3-10-8(7-9)1-4-11(10)13/h2-3,7,11H,1,4,6,13H2/t11-/m1/s1. The summed E-state index contributed by atoms with van der Waals surface area (Å²) in [6.07, 6.45) is 2.03. The minimum absolute atomic E-state index is 0.102. The van der Waals surface area contributed by atoms with Crippen molar-refractivity contribution in [3.63, 3.8) is 0 Å². The van der Waals surface area contributed by atoms with E-state index < -0.39 is 0 Å². The Morgan fingerprint density at radius 2 is 2.43 bits per heavy atom. The average Bonchev–Trinajstić information content (AvgIpc) is 2.57. The second kappa shape index (κ2) is 3.69. The highest BCUT2D eigenvalue weighted by Crippen LogP contribution is 2.31. The molecule has 1 aliphatic carbocycles. The molecule has 0 saturated heterocycles. The predicted octanol–water partition coefficient (Wildman–Crippen LogP) is 1.53. The van der Waals surface area contributed by atoms with E-state index in [0.717, 1.165) is 18.6 Å². The van der Waals surface area contributed by atoms with Crippen LogP contribution >= 0.6 is 0 Å². The maximum Gasteiger partial charge on any atom is 0.174 e. The summed E-state index contributed by atoms with van der Waals surface area (Å²) >= 11 is 0. The largest absolute Gasteiger partial charge is 0.479 e. The first-order valence-corrected chi connectivity index (χ1v) is 4.69. The van der Waals surface area contributed by atoms with E-state index in [2.05, 4.69) is 0 Å². The Morgan fingerprint density at radius 1 is 1.57 bits per heavy atom. The highest BCUT2D eigenvalue weighted by atomic mass is 16.5. The molecule has 1 atom stereocenters. The zero-order valence-electron chi connectivity index (χ0n) is 7.86. The summed E-state index contributed by atoms with van der Waals surface area (Å²) in [6, 6.07) is 7.98. The van der Waals surface area contributed by atoms with Crippen LogP contribution in [0.5, 0.6) is 5.75 Å². The Bertz CT molecular complexity index is 381. The number of ether oxygens (including phenoxy) is 1. The van der Waals surface area contributed by atoms with E-state index in [4.69, 9.17) is 15.7 Å². The maximum atomic E-state index is 8.37. The lowest BCUT2D eigenvalue weighted by molar-refractivity contribution is 0.368. The van der Waals surface area contributed by atoms with Crippen LogP contribution in [0.2, 0.25) is 0 Å². The lowest BCUT2D eigenvalue weighted by Gasteiger charge is -2.06. The molecular formula is C11H12N2O. The fraction of sp³-hybridized carbons (Fsp3) is 0.364. The predicted molar refractivity (Wildman–Crippen MR) is 52.8 cm³/mol. The molecule has 1 aromatic rings. The monoisotopic (exact) mass is 188 g/mol. The molecule has 2 rings (SSSR count). The molecule has 3 nitrogen and oxygen atoms in total. The zero-order chi connectivity index (χ0) is 9.97. The SMILES string of the molecule is N#CCOc1ccc2c(c1)CC[C@H]2N. The fourth-order valence-corrected chi connectivity index (χ4v) is 1.83. The van der Waals surface area contributed by atoms with E-state index in [-0.39, 0.29) is 12.6 Å². The zero-order valence-corrected chi connectivity index (χ0v) is 7.86. The maximum absolute atomic E-state index is 8.37. The van der Waals surface area contributed by atoms with Crippen LogP contribution in [0.15, 0.2) is 18.2 Å². The number of benzene rings is 1. The van der Waals surface area contributed by atoms with Gasteiger partial charge in [0.25, 0.3) is 0 Å². The Balaban J connectivity index is 2.20. The lowest BCUT2D eigenvalue weighted by Crippen LogP contribution is -2.05. The molecule has 2 N–H and O–H groups in total. The van der Waals surface area contributed by atoms with Gasteiger partial charge in [-0.1, -0.05) is 6.07 Å². The van der Waals surface area contributed by atoms with Gasteiger partial charge in [-0.3, -0.25) is 0 Å². The molecule has 0 amide bonds. The summed E-state index contributed by atoms with van der Waals surface area (Å²) in [5.41, 5.74) is 8.38. The second-order valence-electron chi connectivity index (χ2n) is 3.45. The molecule has 3 heteroatoms. The van der Waals surface area contributed by atoms with Gasteiger partial charge in [0, 0.05) is 6.04 Å².